The lowest BCUT2D eigenvalue weighted by Gasteiger charge is -2.27. The molecule has 1 aliphatic carbocycles. The molecule has 3 unspecified atom stereocenters. The predicted molar refractivity (Wildman–Crippen MR) is 150 cm³/mol. The van der Waals surface area contributed by atoms with E-state index in [0.29, 0.717) is 24.2 Å². The van der Waals surface area contributed by atoms with Gasteiger partial charge in [-0.15, -0.1) is 0 Å². The maximum absolute atomic E-state index is 9.53. The third-order valence-corrected chi connectivity index (χ3v) is 9.44. The van der Waals surface area contributed by atoms with Crippen LogP contribution in [0.5, 0.6) is 0 Å². The molecule has 0 bridgehead atoms. The monoisotopic (exact) mass is 507 g/mol. The van der Waals surface area contributed by atoms with Gasteiger partial charge in [-0.3, -0.25) is 4.68 Å². The molecule has 3 rings (SSSR count). The third kappa shape index (κ3) is 7.85. The molecule has 0 saturated heterocycles. The zero-order valence-corrected chi connectivity index (χ0v) is 24.2. The van der Waals surface area contributed by atoms with Crippen molar-refractivity contribution in [2.45, 2.75) is 91.0 Å². The number of hydrogen-bond donors (Lipinski definition) is 0. The molecule has 2 heterocycles. The van der Waals surface area contributed by atoms with Crippen molar-refractivity contribution in [2.24, 2.45) is 17.8 Å². The molecule has 3 atom stereocenters. The van der Waals surface area contributed by atoms with Crippen molar-refractivity contribution in [1.29, 1.82) is 5.26 Å². The summed E-state index contributed by atoms with van der Waals surface area (Å²) in [6.07, 6.45) is 16.6. The van der Waals surface area contributed by atoms with Crippen LogP contribution in [0.25, 0.3) is 17.3 Å². The molecule has 0 radical (unpaired) electrons. The summed E-state index contributed by atoms with van der Waals surface area (Å²) in [6.45, 7) is 15.3. The number of nitriles is 1. The van der Waals surface area contributed by atoms with Crippen LogP contribution < -0.4 is 0 Å². The zero-order chi connectivity index (χ0) is 26.1. The fourth-order valence-electron chi connectivity index (χ4n) is 5.12. The van der Waals surface area contributed by atoms with Crippen LogP contribution in [0.2, 0.25) is 25.7 Å². The van der Waals surface area contributed by atoms with Gasteiger partial charge in [0.05, 0.1) is 37.0 Å². The molecule has 7 heteroatoms. The Labute approximate surface area is 219 Å². The molecule has 1 aliphatic rings. The smallest absolute Gasteiger partial charge is 0.116 e. The first kappa shape index (κ1) is 28.3. The topological polar surface area (TPSA) is 76.6 Å². The van der Waals surface area contributed by atoms with E-state index in [-0.39, 0.29) is 6.04 Å². The lowest BCUT2D eigenvalue weighted by Crippen LogP contribution is -2.23. The maximum atomic E-state index is 9.53. The number of nitrogens with zero attached hydrogens (tertiary/aromatic N) is 5. The number of aryl methyl sites for hydroxylation is 1. The minimum atomic E-state index is -1.07. The van der Waals surface area contributed by atoms with Crippen molar-refractivity contribution < 1.29 is 4.74 Å². The Morgan fingerprint density at radius 3 is 2.67 bits per heavy atom. The van der Waals surface area contributed by atoms with Crippen molar-refractivity contribution in [2.75, 3.05) is 13.2 Å². The predicted octanol–water partition coefficient (Wildman–Crippen LogP) is 7.32. The van der Waals surface area contributed by atoms with Crippen molar-refractivity contribution in [3.05, 3.63) is 36.1 Å². The van der Waals surface area contributed by atoms with Crippen LogP contribution in [0.3, 0.4) is 0 Å². The average molecular weight is 508 g/mol. The minimum Gasteiger partial charge on any atom is -0.381 e. The van der Waals surface area contributed by atoms with Gasteiger partial charge in [0.1, 0.15) is 6.33 Å². The van der Waals surface area contributed by atoms with Crippen LogP contribution in [0.15, 0.2) is 24.8 Å². The van der Waals surface area contributed by atoms with Gasteiger partial charge < -0.3 is 4.74 Å². The standard InChI is InChI=1S/C29H45N5OSi/c1-7-24(20-35-16-17-36(4,5)6)12-13-27-23(3)31-21-32-29(27)26-18-33-34(19-26)28(14-15-30)22(2)25-10-8-9-11-25/h12-13,18-19,21-22,24-25,28H,7-11,14,16-17,20H2,1-6H3. The van der Waals surface area contributed by atoms with Crippen molar-refractivity contribution in [3.8, 4) is 17.3 Å². The molecular weight excluding hydrogens is 462 g/mol. The highest BCUT2D eigenvalue weighted by molar-refractivity contribution is 6.76. The van der Waals surface area contributed by atoms with Gasteiger partial charge in [-0.05, 0) is 31.2 Å². The number of hydrogen-bond acceptors (Lipinski definition) is 5. The van der Waals surface area contributed by atoms with E-state index >= 15 is 0 Å². The molecule has 0 N–H and O–H groups in total. The van der Waals surface area contributed by atoms with E-state index in [2.05, 4.69) is 67.9 Å². The van der Waals surface area contributed by atoms with Gasteiger partial charge >= 0.3 is 0 Å². The Balaban J connectivity index is 1.77. The van der Waals surface area contributed by atoms with Crippen LogP contribution >= 0.6 is 0 Å². The van der Waals surface area contributed by atoms with Crippen LogP contribution in [-0.4, -0.2) is 41.0 Å². The normalized spacial score (nSPS) is 17.4. The molecular formula is C29H45N5OSi. The Hall–Kier alpha value is -2.30. The first-order chi connectivity index (χ1) is 17.2. The molecule has 6 nitrogen and oxygen atoms in total. The molecule has 1 fully saturated rings. The van der Waals surface area contributed by atoms with Gasteiger partial charge in [0, 0.05) is 43.6 Å². The van der Waals surface area contributed by atoms with Gasteiger partial charge in [-0.25, -0.2) is 9.97 Å². The van der Waals surface area contributed by atoms with E-state index in [9.17, 15) is 5.26 Å². The van der Waals surface area contributed by atoms with Gasteiger partial charge in [-0.1, -0.05) is 71.3 Å². The van der Waals surface area contributed by atoms with Crippen LogP contribution in [-0.2, 0) is 4.74 Å². The molecule has 0 aromatic carbocycles. The highest BCUT2D eigenvalue weighted by Crippen LogP contribution is 2.38. The molecule has 2 aromatic rings. The summed E-state index contributed by atoms with van der Waals surface area (Å²) >= 11 is 0. The van der Waals surface area contributed by atoms with E-state index in [1.54, 1.807) is 6.33 Å². The van der Waals surface area contributed by atoms with Gasteiger partial charge in [0.15, 0.2) is 0 Å². The minimum absolute atomic E-state index is 0.0894. The average Bonchev–Trinajstić information content (AvgIpc) is 3.54. The van der Waals surface area contributed by atoms with Gasteiger partial charge in [-0.2, -0.15) is 10.4 Å². The number of aromatic nitrogens is 4. The van der Waals surface area contributed by atoms with Crippen molar-refractivity contribution in [1.82, 2.24) is 19.7 Å². The zero-order valence-electron chi connectivity index (χ0n) is 23.2. The van der Waals surface area contributed by atoms with Gasteiger partial charge in [0.2, 0.25) is 0 Å². The Morgan fingerprint density at radius 1 is 1.25 bits per heavy atom. The lowest BCUT2D eigenvalue weighted by molar-refractivity contribution is 0.123. The molecule has 36 heavy (non-hydrogen) atoms. The summed E-state index contributed by atoms with van der Waals surface area (Å²) < 4.78 is 8.03. The quantitative estimate of drug-likeness (QED) is 0.210. The van der Waals surface area contributed by atoms with Crippen LogP contribution in [0.4, 0.5) is 0 Å². The van der Waals surface area contributed by atoms with Crippen molar-refractivity contribution in [3.63, 3.8) is 0 Å². The number of ether oxygens (including phenoxy) is 1. The Bertz CT molecular complexity index is 1030. The number of rotatable bonds is 13. The second-order valence-electron chi connectivity index (χ2n) is 11.7. The largest absolute Gasteiger partial charge is 0.381 e. The van der Waals surface area contributed by atoms with E-state index in [1.807, 2.05) is 17.8 Å². The molecule has 0 aliphatic heterocycles. The molecule has 0 spiro atoms. The summed E-state index contributed by atoms with van der Waals surface area (Å²) in [6, 6.07) is 3.68. The summed E-state index contributed by atoms with van der Waals surface area (Å²) in [5.41, 5.74) is 3.84. The molecule has 196 valence electrons. The SMILES string of the molecule is CCC(C=Cc1c(C)ncnc1-c1cnn(C(CC#N)C(C)C2CCCC2)c1)COCC[Si](C)(C)C. The van der Waals surface area contributed by atoms with E-state index in [0.717, 1.165) is 42.1 Å². The fourth-order valence-corrected chi connectivity index (χ4v) is 5.88. The molecule has 0 amide bonds. The van der Waals surface area contributed by atoms with Gasteiger partial charge in [0.25, 0.3) is 0 Å². The van der Waals surface area contributed by atoms with Crippen LogP contribution in [0, 0.1) is 36.0 Å². The molecule has 1 saturated carbocycles. The maximum Gasteiger partial charge on any atom is 0.116 e. The molecule has 2 aromatic heterocycles. The summed E-state index contributed by atoms with van der Waals surface area (Å²) in [4.78, 5) is 9.11. The third-order valence-electron chi connectivity index (χ3n) is 7.74. The first-order valence-corrected chi connectivity index (χ1v) is 17.4. The van der Waals surface area contributed by atoms with E-state index < -0.39 is 8.07 Å². The second kappa shape index (κ2) is 13.3. The summed E-state index contributed by atoms with van der Waals surface area (Å²) in [5, 5.41) is 14.2. The fraction of sp³-hybridized carbons (Fsp3) is 0.655. The summed E-state index contributed by atoms with van der Waals surface area (Å²) in [7, 11) is -1.07. The second-order valence-corrected chi connectivity index (χ2v) is 17.3. The van der Waals surface area contributed by atoms with Crippen molar-refractivity contribution >= 4 is 14.1 Å². The van der Waals surface area contributed by atoms with Crippen LogP contribution in [0.1, 0.15) is 69.7 Å². The van der Waals surface area contributed by atoms with E-state index in [1.165, 1.54) is 31.7 Å². The highest BCUT2D eigenvalue weighted by atomic mass is 28.3. The Morgan fingerprint density at radius 2 is 2.00 bits per heavy atom. The highest BCUT2D eigenvalue weighted by Gasteiger charge is 2.30. The summed E-state index contributed by atoms with van der Waals surface area (Å²) in [5.74, 6) is 1.46. The van der Waals surface area contributed by atoms with E-state index in [4.69, 9.17) is 9.84 Å². The first-order valence-electron chi connectivity index (χ1n) is 13.7. The lowest BCUT2D eigenvalue weighted by atomic mass is 9.85. The Kier molecular flexibility index (Phi) is 10.4.